The summed E-state index contributed by atoms with van der Waals surface area (Å²) in [6.45, 7) is 4.21. The lowest BCUT2D eigenvalue weighted by atomic mass is 10.0. The van der Waals surface area contributed by atoms with E-state index in [-0.39, 0.29) is 6.10 Å². The number of ether oxygens (including phenoxy) is 1. The van der Waals surface area contributed by atoms with Crippen LogP contribution in [0.25, 0.3) is 22.4 Å². The third kappa shape index (κ3) is 2.82. The quantitative estimate of drug-likeness (QED) is 0.704. The average Bonchev–Trinajstić information content (AvgIpc) is 2.84. The highest BCUT2D eigenvalue weighted by molar-refractivity contribution is 6.31. The highest BCUT2D eigenvalue weighted by Crippen LogP contribution is 2.33. The van der Waals surface area contributed by atoms with Gasteiger partial charge in [-0.25, -0.2) is 9.37 Å². The smallest absolute Gasteiger partial charge is 0.148 e. The van der Waals surface area contributed by atoms with Crippen LogP contribution in [0, 0.1) is 5.82 Å². The summed E-state index contributed by atoms with van der Waals surface area (Å²) < 4.78 is 21.8. The zero-order valence-corrected chi connectivity index (χ0v) is 13.9. The topological polar surface area (TPSA) is 39.9 Å². The van der Waals surface area contributed by atoms with Crippen LogP contribution in [0.5, 0.6) is 0 Å². The number of hydrogen-bond acceptors (Lipinski definition) is 3. The highest BCUT2D eigenvalue weighted by Gasteiger charge is 2.21. The maximum atomic E-state index is 14.4. The summed E-state index contributed by atoms with van der Waals surface area (Å²) in [7, 11) is 1.88. The molecular formula is C17H17ClFN3O. The van der Waals surface area contributed by atoms with Crippen molar-refractivity contribution in [3.8, 4) is 11.4 Å². The number of rotatable bonds is 4. The number of fused-ring (bicyclic) bond motifs is 1. The van der Waals surface area contributed by atoms with E-state index in [4.69, 9.17) is 16.3 Å². The van der Waals surface area contributed by atoms with Crippen molar-refractivity contribution in [1.82, 2.24) is 14.5 Å². The Morgan fingerprint density at radius 1 is 1.35 bits per heavy atom. The van der Waals surface area contributed by atoms with Crippen molar-refractivity contribution in [1.29, 1.82) is 0 Å². The first kappa shape index (κ1) is 15.9. The SMILES string of the molecule is CCOC(C)c1c(F)cncc1-c1nc2ccc(Cl)cc2n1C. The van der Waals surface area contributed by atoms with E-state index in [1.807, 2.05) is 37.6 Å². The van der Waals surface area contributed by atoms with Gasteiger partial charge < -0.3 is 9.30 Å². The Balaban J connectivity index is 2.23. The molecule has 1 aromatic carbocycles. The second kappa shape index (κ2) is 6.26. The Bertz CT molecular complexity index is 862. The summed E-state index contributed by atoms with van der Waals surface area (Å²) in [5.41, 5.74) is 2.77. The van der Waals surface area contributed by atoms with Gasteiger partial charge in [0, 0.05) is 36.0 Å². The molecule has 0 amide bonds. The van der Waals surface area contributed by atoms with Crippen molar-refractivity contribution < 1.29 is 9.13 Å². The Hall–Kier alpha value is -1.98. The predicted molar refractivity (Wildman–Crippen MR) is 89.0 cm³/mol. The third-order valence-corrected chi connectivity index (χ3v) is 4.08. The minimum atomic E-state index is -0.395. The van der Waals surface area contributed by atoms with Gasteiger partial charge in [-0.05, 0) is 32.0 Å². The summed E-state index contributed by atoms with van der Waals surface area (Å²) >= 11 is 6.06. The van der Waals surface area contributed by atoms with Gasteiger partial charge >= 0.3 is 0 Å². The molecule has 0 aliphatic carbocycles. The molecule has 0 aliphatic heterocycles. The average molecular weight is 334 g/mol. The monoisotopic (exact) mass is 333 g/mol. The summed E-state index contributed by atoms with van der Waals surface area (Å²) in [6, 6.07) is 5.47. The third-order valence-electron chi connectivity index (χ3n) is 3.85. The molecule has 0 saturated carbocycles. The molecule has 3 rings (SSSR count). The van der Waals surface area contributed by atoms with Crippen molar-refractivity contribution in [2.24, 2.45) is 7.05 Å². The lowest BCUT2D eigenvalue weighted by molar-refractivity contribution is 0.0741. The van der Waals surface area contributed by atoms with Gasteiger partial charge in [-0.3, -0.25) is 4.98 Å². The molecule has 120 valence electrons. The van der Waals surface area contributed by atoms with Crippen molar-refractivity contribution in [2.45, 2.75) is 20.0 Å². The van der Waals surface area contributed by atoms with Gasteiger partial charge in [0.15, 0.2) is 0 Å². The zero-order valence-electron chi connectivity index (χ0n) is 13.2. The molecule has 4 nitrogen and oxygen atoms in total. The minimum absolute atomic E-state index is 0.388. The first-order chi connectivity index (χ1) is 11.0. The van der Waals surface area contributed by atoms with Crippen LogP contribution in [0.2, 0.25) is 5.02 Å². The molecule has 2 heterocycles. The normalized spacial score (nSPS) is 12.7. The van der Waals surface area contributed by atoms with Crippen LogP contribution in [-0.2, 0) is 11.8 Å². The van der Waals surface area contributed by atoms with E-state index in [1.165, 1.54) is 6.20 Å². The number of pyridine rings is 1. The first-order valence-electron chi connectivity index (χ1n) is 7.40. The van der Waals surface area contributed by atoms with Gasteiger partial charge in [0.1, 0.15) is 11.6 Å². The first-order valence-corrected chi connectivity index (χ1v) is 7.78. The van der Waals surface area contributed by atoms with E-state index in [2.05, 4.69) is 9.97 Å². The summed E-state index contributed by atoms with van der Waals surface area (Å²) in [6.07, 6.45) is 2.44. The van der Waals surface area contributed by atoms with E-state index >= 15 is 0 Å². The molecule has 1 unspecified atom stereocenters. The van der Waals surface area contributed by atoms with Crippen LogP contribution in [0.4, 0.5) is 4.39 Å². The number of benzene rings is 1. The number of hydrogen-bond donors (Lipinski definition) is 0. The van der Waals surface area contributed by atoms with Gasteiger partial charge in [-0.2, -0.15) is 0 Å². The van der Waals surface area contributed by atoms with Crippen molar-refractivity contribution in [2.75, 3.05) is 6.61 Å². The number of aryl methyl sites for hydroxylation is 1. The Kier molecular flexibility index (Phi) is 4.33. The van der Waals surface area contributed by atoms with Crippen molar-refractivity contribution in [3.63, 3.8) is 0 Å². The molecule has 0 saturated heterocycles. The molecule has 2 aromatic heterocycles. The van der Waals surface area contributed by atoms with Gasteiger partial charge in [-0.1, -0.05) is 11.6 Å². The minimum Gasteiger partial charge on any atom is -0.374 e. The lowest BCUT2D eigenvalue weighted by Crippen LogP contribution is -2.07. The number of imidazole rings is 1. The Morgan fingerprint density at radius 3 is 2.87 bits per heavy atom. The molecule has 1 atom stereocenters. The van der Waals surface area contributed by atoms with Gasteiger partial charge in [0.05, 0.1) is 23.3 Å². The lowest BCUT2D eigenvalue weighted by Gasteiger charge is -2.16. The zero-order chi connectivity index (χ0) is 16.6. The fraction of sp³-hybridized carbons (Fsp3) is 0.294. The van der Waals surface area contributed by atoms with Crippen LogP contribution in [-0.4, -0.2) is 21.1 Å². The van der Waals surface area contributed by atoms with E-state index in [9.17, 15) is 4.39 Å². The fourth-order valence-electron chi connectivity index (χ4n) is 2.77. The molecule has 0 fully saturated rings. The highest BCUT2D eigenvalue weighted by atomic mass is 35.5. The molecule has 23 heavy (non-hydrogen) atoms. The number of nitrogens with zero attached hydrogens (tertiary/aromatic N) is 3. The van der Waals surface area contributed by atoms with Gasteiger partial charge in [0.2, 0.25) is 0 Å². The molecule has 0 N–H and O–H groups in total. The number of halogens is 2. The maximum absolute atomic E-state index is 14.4. The predicted octanol–water partition coefficient (Wildman–Crippen LogP) is 4.53. The van der Waals surface area contributed by atoms with Crippen LogP contribution in [0.15, 0.2) is 30.6 Å². The second-order valence-electron chi connectivity index (χ2n) is 5.31. The van der Waals surface area contributed by atoms with Crippen molar-refractivity contribution in [3.05, 3.63) is 47.0 Å². The molecule has 6 heteroatoms. The van der Waals surface area contributed by atoms with E-state index < -0.39 is 5.82 Å². The van der Waals surface area contributed by atoms with E-state index in [0.717, 1.165) is 11.0 Å². The molecular weight excluding hydrogens is 317 g/mol. The van der Waals surface area contributed by atoms with Crippen LogP contribution >= 0.6 is 11.6 Å². The Morgan fingerprint density at radius 2 is 2.13 bits per heavy atom. The van der Waals surface area contributed by atoms with Gasteiger partial charge in [-0.15, -0.1) is 0 Å². The molecule has 0 bridgehead atoms. The largest absolute Gasteiger partial charge is 0.374 e. The van der Waals surface area contributed by atoms with Crippen LogP contribution in [0.1, 0.15) is 25.5 Å². The van der Waals surface area contributed by atoms with Crippen LogP contribution < -0.4 is 0 Å². The van der Waals surface area contributed by atoms with Crippen LogP contribution in [0.3, 0.4) is 0 Å². The molecule has 0 radical (unpaired) electrons. The van der Waals surface area contributed by atoms with Gasteiger partial charge in [0.25, 0.3) is 0 Å². The molecule has 0 aliphatic rings. The standard InChI is InChI=1S/C17H17ClFN3O/c1-4-23-10(2)16-12(8-20-9-13(16)19)17-21-14-6-5-11(18)7-15(14)22(17)3/h5-10H,4H2,1-3H3. The summed E-state index contributed by atoms with van der Waals surface area (Å²) in [5.74, 6) is 0.240. The maximum Gasteiger partial charge on any atom is 0.148 e. The molecule has 0 spiro atoms. The second-order valence-corrected chi connectivity index (χ2v) is 5.74. The summed E-state index contributed by atoms with van der Waals surface area (Å²) in [5, 5.41) is 0.632. The summed E-state index contributed by atoms with van der Waals surface area (Å²) in [4.78, 5) is 8.59. The van der Waals surface area contributed by atoms with Crippen molar-refractivity contribution >= 4 is 22.6 Å². The Labute approximate surface area is 138 Å². The molecule has 3 aromatic rings. The number of aromatic nitrogens is 3. The fourth-order valence-corrected chi connectivity index (χ4v) is 2.94. The van der Waals surface area contributed by atoms with E-state index in [0.29, 0.717) is 28.6 Å². The van der Waals surface area contributed by atoms with E-state index in [1.54, 1.807) is 12.3 Å².